The molecule has 3 nitrogen and oxygen atoms in total. The Morgan fingerprint density at radius 1 is 1.29 bits per heavy atom. The highest BCUT2D eigenvalue weighted by Crippen LogP contribution is 2.37. The fourth-order valence-electron chi connectivity index (χ4n) is 0.504. The predicted octanol–water partition coefficient (Wildman–Crippen LogP) is 1.97. The second kappa shape index (κ2) is 4.03. The highest BCUT2D eigenvalue weighted by Gasteiger charge is 2.66. The van der Waals surface area contributed by atoms with E-state index < -0.39 is 24.4 Å². The minimum absolute atomic E-state index is 0.381. The summed E-state index contributed by atoms with van der Waals surface area (Å²) in [7, 11) is 0. The van der Waals surface area contributed by atoms with Gasteiger partial charge in [0.15, 0.2) is 6.36 Å². The van der Waals surface area contributed by atoms with Crippen LogP contribution in [0.1, 0.15) is 6.92 Å². The lowest BCUT2D eigenvalue weighted by Gasteiger charge is -2.23. The smallest absolute Gasteiger partial charge is 0.296 e. The normalized spacial score (nSPS) is 18.5. The minimum atomic E-state index is -5.93. The first kappa shape index (κ1) is 13.0. The van der Waals surface area contributed by atoms with Gasteiger partial charge in [-0.05, 0) is 6.92 Å². The minimum Gasteiger partial charge on any atom is -0.296 e. The zero-order chi connectivity index (χ0) is 11.6. The molecule has 0 amide bonds. The summed E-state index contributed by atoms with van der Waals surface area (Å²) >= 11 is 0. The first-order chi connectivity index (χ1) is 6.15. The molecule has 14 heavy (non-hydrogen) atoms. The molecule has 0 aromatic heterocycles. The SMILES string of the molecule is CC(F)OC(F)(C(=O)OF)C(F)(F)F. The van der Waals surface area contributed by atoms with E-state index in [1.807, 2.05) is 4.94 Å². The Balaban J connectivity index is 4.96. The fraction of sp³-hybridized carbons (Fsp3) is 0.800. The van der Waals surface area contributed by atoms with Crippen molar-refractivity contribution in [2.45, 2.75) is 25.3 Å². The number of hydrogen-bond acceptors (Lipinski definition) is 3. The molecule has 9 heteroatoms. The van der Waals surface area contributed by atoms with Gasteiger partial charge in [-0.3, -0.25) is 4.74 Å². The van der Waals surface area contributed by atoms with Crippen molar-refractivity contribution in [1.82, 2.24) is 0 Å². The van der Waals surface area contributed by atoms with Crippen LogP contribution in [-0.2, 0) is 14.5 Å². The van der Waals surface area contributed by atoms with Crippen molar-refractivity contribution in [3.63, 3.8) is 0 Å². The van der Waals surface area contributed by atoms with Crippen LogP contribution in [0, 0.1) is 0 Å². The number of halogens is 6. The molecular weight excluding hydrogens is 222 g/mol. The van der Waals surface area contributed by atoms with E-state index in [1.165, 1.54) is 0 Å². The second-order valence-electron chi connectivity index (χ2n) is 2.12. The molecule has 0 radical (unpaired) electrons. The highest BCUT2D eigenvalue weighted by molar-refractivity contribution is 5.78. The third-order valence-corrected chi connectivity index (χ3v) is 1.02. The molecular formula is C5H4F6O3. The van der Waals surface area contributed by atoms with E-state index in [2.05, 4.69) is 4.74 Å². The van der Waals surface area contributed by atoms with Gasteiger partial charge in [0, 0.05) is 4.53 Å². The Hall–Kier alpha value is -0.990. The summed E-state index contributed by atoms with van der Waals surface area (Å²) in [5, 5.41) is 0. The third kappa shape index (κ3) is 2.50. The molecule has 0 N–H and O–H groups in total. The molecule has 2 atom stereocenters. The number of ether oxygens (including phenoxy) is 1. The molecule has 2 unspecified atom stereocenters. The molecule has 0 heterocycles. The Morgan fingerprint density at radius 2 is 1.71 bits per heavy atom. The number of alkyl halides is 5. The predicted molar refractivity (Wildman–Crippen MR) is 28.7 cm³/mol. The summed E-state index contributed by atoms with van der Waals surface area (Å²) in [5.74, 6) is -8.16. The van der Waals surface area contributed by atoms with Gasteiger partial charge in [-0.15, -0.1) is 0 Å². The zero-order valence-corrected chi connectivity index (χ0v) is 6.57. The Kier molecular flexibility index (Phi) is 3.74. The molecule has 0 saturated carbocycles. The standard InChI is InChI=1S/C5H4F6O3/c1-2(6)13-4(7,3(12)14-11)5(8,9)10/h2H,1H3. The summed E-state index contributed by atoms with van der Waals surface area (Å²) in [4.78, 5) is 12.0. The van der Waals surface area contributed by atoms with Crippen LogP contribution in [0.5, 0.6) is 0 Å². The van der Waals surface area contributed by atoms with Crippen molar-refractivity contribution in [2.24, 2.45) is 0 Å². The lowest BCUT2D eigenvalue weighted by Crippen LogP contribution is -2.51. The van der Waals surface area contributed by atoms with Crippen LogP contribution in [-0.4, -0.2) is 24.4 Å². The molecule has 0 spiro atoms. The van der Waals surface area contributed by atoms with E-state index >= 15 is 0 Å². The van der Waals surface area contributed by atoms with Gasteiger partial charge in [0.2, 0.25) is 0 Å². The molecule has 0 aliphatic heterocycles. The van der Waals surface area contributed by atoms with Crippen molar-refractivity contribution < 1.29 is 41.0 Å². The van der Waals surface area contributed by atoms with Crippen molar-refractivity contribution >= 4 is 5.97 Å². The van der Waals surface area contributed by atoms with Gasteiger partial charge in [-0.1, -0.05) is 0 Å². The van der Waals surface area contributed by atoms with E-state index in [0.717, 1.165) is 0 Å². The number of carbonyl (C=O) groups is 1. The van der Waals surface area contributed by atoms with Gasteiger partial charge in [0.1, 0.15) is 0 Å². The first-order valence-corrected chi connectivity index (χ1v) is 3.05. The highest BCUT2D eigenvalue weighted by atomic mass is 19.4. The Labute approximate surface area is 73.5 Å². The lowest BCUT2D eigenvalue weighted by molar-refractivity contribution is -0.353. The Morgan fingerprint density at radius 3 is 1.93 bits per heavy atom. The molecule has 0 aliphatic rings. The molecule has 0 aromatic rings. The maximum Gasteiger partial charge on any atom is 0.460 e. The maximum absolute atomic E-state index is 12.6. The topological polar surface area (TPSA) is 35.5 Å². The molecule has 84 valence electrons. The van der Waals surface area contributed by atoms with Crippen LogP contribution in [0.3, 0.4) is 0 Å². The summed E-state index contributed by atoms with van der Waals surface area (Å²) in [5.41, 5.74) is 0. The van der Waals surface area contributed by atoms with Crippen LogP contribution >= 0.6 is 0 Å². The molecule has 0 rings (SSSR count). The third-order valence-electron chi connectivity index (χ3n) is 1.02. The average Bonchev–Trinajstić information content (AvgIpc) is 1.99. The van der Waals surface area contributed by atoms with Gasteiger partial charge in [0.25, 0.3) is 0 Å². The molecule has 0 aromatic carbocycles. The van der Waals surface area contributed by atoms with Crippen LogP contribution in [0.2, 0.25) is 0 Å². The molecule has 0 aliphatic carbocycles. The van der Waals surface area contributed by atoms with Crippen molar-refractivity contribution in [3.8, 4) is 0 Å². The van der Waals surface area contributed by atoms with Crippen LogP contribution in [0.25, 0.3) is 0 Å². The summed E-state index contributed by atoms with van der Waals surface area (Å²) in [6, 6.07) is 0. The monoisotopic (exact) mass is 226 g/mol. The van der Waals surface area contributed by atoms with Gasteiger partial charge in [0.05, 0.1) is 0 Å². The van der Waals surface area contributed by atoms with Gasteiger partial charge in [-0.25, -0.2) is 14.1 Å². The van der Waals surface area contributed by atoms with Crippen LogP contribution < -0.4 is 0 Å². The van der Waals surface area contributed by atoms with Crippen LogP contribution in [0.4, 0.5) is 26.5 Å². The largest absolute Gasteiger partial charge is 0.460 e. The number of hydrogen-bond donors (Lipinski definition) is 0. The van der Waals surface area contributed by atoms with E-state index in [4.69, 9.17) is 0 Å². The summed E-state index contributed by atoms with van der Waals surface area (Å²) in [6.07, 6.45) is -8.70. The average molecular weight is 226 g/mol. The number of rotatable bonds is 3. The quantitative estimate of drug-likeness (QED) is 0.690. The van der Waals surface area contributed by atoms with Gasteiger partial charge in [-0.2, -0.15) is 17.6 Å². The zero-order valence-electron chi connectivity index (χ0n) is 6.57. The molecule has 0 saturated heterocycles. The van der Waals surface area contributed by atoms with Crippen molar-refractivity contribution in [3.05, 3.63) is 0 Å². The van der Waals surface area contributed by atoms with E-state index in [-0.39, 0.29) is 0 Å². The van der Waals surface area contributed by atoms with E-state index in [9.17, 15) is 31.3 Å². The first-order valence-electron chi connectivity index (χ1n) is 3.05. The van der Waals surface area contributed by atoms with Crippen molar-refractivity contribution in [2.75, 3.05) is 0 Å². The lowest BCUT2D eigenvalue weighted by atomic mass is 10.3. The second-order valence-corrected chi connectivity index (χ2v) is 2.12. The Bertz CT molecular complexity index is 214. The van der Waals surface area contributed by atoms with E-state index in [1.54, 1.807) is 0 Å². The van der Waals surface area contributed by atoms with Gasteiger partial charge < -0.3 is 0 Å². The van der Waals surface area contributed by atoms with Crippen LogP contribution in [0.15, 0.2) is 0 Å². The summed E-state index contributed by atoms with van der Waals surface area (Å²) in [6.45, 7) is 0.381. The van der Waals surface area contributed by atoms with E-state index in [0.29, 0.717) is 6.92 Å². The van der Waals surface area contributed by atoms with Gasteiger partial charge >= 0.3 is 18.0 Å². The number of carbonyl (C=O) groups excluding carboxylic acids is 1. The molecule has 0 fully saturated rings. The van der Waals surface area contributed by atoms with Crippen molar-refractivity contribution in [1.29, 1.82) is 0 Å². The maximum atomic E-state index is 12.6. The fourth-order valence-corrected chi connectivity index (χ4v) is 0.504. The molecule has 0 bridgehead atoms. The summed E-state index contributed by atoms with van der Waals surface area (Å²) < 4.78 is 73.9.